The van der Waals surface area contributed by atoms with Crippen molar-refractivity contribution in [3.8, 4) is 5.75 Å². The third kappa shape index (κ3) is 6.95. The van der Waals surface area contributed by atoms with Crippen LogP contribution in [0, 0.1) is 0 Å². The van der Waals surface area contributed by atoms with E-state index in [1.165, 1.54) is 12.0 Å². The number of hydrogen-bond donors (Lipinski definition) is 1. The molecule has 1 fully saturated rings. The lowest BCUT2D eigenvalue weighted by atomic mass is 9.72. The van der Waals surface area contributed by atoms with Crippen LogP contribution in [0.1, 0.15) is 43.6 Å². The Morgan fingerprint density at radius 2 is 1.59 bits per heavy atom. The summed E-state index contributed by atoms with van der Waals surface area (Å²) in [6, 6.07) is 18.1. The average Bonchev–Trinajstić information content (AvgIpc) is 2.68. The predicted octanol–water partition coefficient (Wildman–Crippen LogP) is 5.48. The molecule has 0 aromatic heterocycles. The van der Waals surface area contributed by atoms with Crippen molar-refractivity contribution in [1.82, 2.24) is 4.90 Å². The first-order chi connectivity index (χ1) is 12.9. The van der Waals surface area contributed by atoms with Crippen LogP contribution in [0.2, 0.25) is 0 Å². The van der Waals surface area contributed by atoms with Gasteiger partial charge in [-0.2, -0.15) is 0 Å². The van der Waals surface area contributed by atoms with Crippen molar-refractivity contribution in [2.75, 3.05) is 27.7 Å². The molecule has 0 spiro atoms. The molecule has 27 heavy (non-hydrogen) atoms. The Balaban J connectivity index is 0.000000313. The summed E-state index contributed by atoms with van der Waals surface area (Å²) >= 11 is 3.31. The zero-order chi connectivity index (χ0) is 19.7. The van der Waals surface area contributed by atoms with Gasteiger partial charge in [-0.25, -0.2) is 0 Å². The Morgan fingerprint density at radius 1 is 1.00 bits per heavy atom. The molecule has 1 unspecified atom stereocenters. The molecule has 0 aliphatic heterocycles. The molecule has 3 rings (SSSR count). The Labute approximate surface area is 172 Å². The van der Waals surface area contributed by atoms with E-state index in [9.17, 15) is 5.11 Å². The molecule has 0 heterocycles. The zero-order valence-electron chi connectivity index (χ0n) is 16.7. The highest BCUT2D eigenvalue weighted by molar-refractivity contribution is 9.10. The lowest BCUT2D eigenvalue weighted by Crippen LogP contribution is -2.42. The molecule has 1 N–H and O–H groups in total. The monoisotopic (exact) mass is 433 g/mol. The molecule has 0 bridgehead atoms. The molecule has 0 amide bonds. The molecule has 0 radical (unpaired) electrons. The normalized spacial score (nSPS) is 17.0. The number of aliphatic hydroxyl groups is 1. The molecule has 2 aromatic carbocycles. The molecule has 0 saturated heterocycles. The molecule has 2 aromatic rings. The van der Waals surface area contributed by atoms with Crippen LogP contribution in [0.15, 0.2) is 59.1 Å². The molecular formula is C23H32BrNO2. The van der Waals surface area contributed by atoms with Crippen LogP contribution in [0.4, 0.5) is 0 Å². The van der Waals surface area contributed by atoms with Gasteiger partial charge in [0.05, 0.1) is 12.7 Å². The summed E-state index contributed by atoms with van der Waals surface area (Å²) in [6.07, 6.45) is 5.35. The molecule has 1 atom stereocenters. The number of rotatable bonds is 5. The number of likely N-dealkylation sites (N-methyl/N-ethyl adjacent to an activating group) is 1. The highest BCUT2D eigenvalue weighted by Gasteiger charge is 2.38. The van der Waals surface area contributed by atoms with Crippen molar-refractivity contribution in [2.45, 2.75) is 43.6 Å². The minimum atomic E-state index is -0.558. The topological polar surface area (TPSA) is 32.7 Å². The third-order valence-corrected chi connectivity index (χ3v) is 5.70. The summed E-state index contributed by atoms with van der Waals surface area (Å²) < 4.78 is 6.36. The van der Waals surface area contributed by atoms with Gasteiger partial charge in [0.25, 0.3) is 0 Å². The highest BCUT2D eigenvalue weighted by Crippen LogP contribution is 2.40. The minimum Gasteiger partial charge on any atom is -0.497 e. The fourth-order valence-corrected chi connectivity index (χ4v) is 4.02. The van der Waals surface area contributed by atoms with Crippen molar-refractivity contribution in [2.24, 2.45) is 0 Å². The summed E-state index contributed by atoms with van der Waals surface area (Å²) in [5, 5.41) is 11.1. The predicted molar refractivity (Wildman–Crippen MR) is 116 cm³/mol. The maximum atomic E-state index is 11.1. The lowest BCUT2D eigenvalue weighted by molar-refractivity contribution is -0.0277. The van der Waals surface area contributed by atoms with E-state index >= 15 is 0 Å². The van der Waals surface area contributed by atoms with Gasteiger partial charge in [-0.05, 0) is 56.8 Å². The largest absolute Gasteiger partial charge is 0.497 e. The van der Waals surface area contributed by atoms with E-state index in [2.05, 4.69) is 47.1 Å². The van der Waals surface area contributed by atoms with Gasteiger partial charge < -0.3 is 14.7 Å². The number of halogens is 1. The van der Waals surface area contributed by atoms with Gasteiger partial charge in [-0.3, -0.25) is 0 Å². The van der Waals surface area contributed by atoms with Crippen LogP contribution in [0.25, 0.3) is 0 Å². The maximum Gasteiger partial charge on any atom is 0.118 e. The standard InChI is InChI=1S/C17H27NO2.C6H5Br/c1-18(2)13-16(17(19)11-5-4-6-12-17)14-7-9-15(20-3)10-8-14;7-6-4-2-1-3-5-6/h7-10,16,19H,4-6,11-13H2,1-3H3;1-5H. The fraction of sp³-hybridized carbons (Fsp3) is 0.478. The number of methoxy groups -OCH3 is 1. The second kappa shape index (κ2) is 10.8. The highest BCUT2D eigenvalue weighted by atomic mass is 79.9. The average molecular weight is 434 g/mol. The number of nitrogens with zero attached hydrogens (tertiary/aromatic N) is 1. The van der Waals surface area contributed by atoms with E-state index in [-0.39, 0.29) is 5.92 Å². The minimum absolute atomic E-state index is 0.170. The zero-order valence-corrected chi connectivity index (χ0v) is 18.3. The molecule has 4 heteroatoms. The Hall–Kier alpha value is -1.36. The van der Waals surface area contributed by atoms with E-state index in [4.69, 9.17) is 4.74 Å². The van der Waals surface area contributed by atoms with Gasteiger partial charge in [-0.1, -0.05) is 65.5 Å². The van der Waals surface area contributed by atoms with Gasteiger partial charge in [0, 0.05) is 16.9 Å². The Bertz CT molecular complexity index is 652. The van der Waals surface area contributed by atoms with Gasteiger partial charge in [0.1, 0.15) is 5.75 Å². The van der Waals surface area contributed by atoms with Crippen molar-refractivity contribution in [3.63, 3.8) is 0 Å². The molecular weight excluding hydrogens is 402 g/mol. The summed E-state index contributed by atoms with van der Waals surface area (Å²) in [5.41, 5.74) is 0.654. The molecule has 3 nitrogen and oxygen atoms in total. The Morgan fingerprint density at radius 3 is 2.04 bits per heavy atom. The van der Waals surface area contributed by atoms with E-state index in [1.54, 1.807) is 7.11 Å². The third-order valence-electron chi connectivity index (χ3n) is 5.17. The molecule has 1 saturated carbocycles. The van der Waals surface area contributed by atoms with Crippen molar-refractivity contribution in [1.29, 1.82) is 0 Å². The van der Waals surface area contributed by atoms with E-state index in [1.807, 2.05) is 42.5 Å². The lowest BCUT2D eigenvalue weighted by Gasteiger charge is -2.40. The summed E-state index contributed by atoms with van der Waals surface area (Å²) in [7, 11) is 5.83. The summed E-state index contributed by atoms with van der Waals surface area (Å²) in [6.45, 7) is 0.878. The molecule has 148 valence electrons. The van der Waals surface area contributed by atoms with Crippen LogP contribution in [0.3, 0.4) is 0 Å². The second-order valence-corrected chi connectivity index (χ2v) is 8.46. The molecule has 1 aliphatic carbocycles. The first-order valence-electron chi connectivity index (χ1n) is 9.66. The van der Waals surface area contributed by atoms with Crippen molar-refractivity contribution < 1.29 is 9.84 Å². The SMILES string of the molecule is Brc1ccccc1.COc1ccc(C(CN(C)C)C2(O)CCCCC2)cc1. The van der Waals surface area contributed by atoms with E-state index in [0.717, 1.165) is 42.5 Å². The Kier molecular flexibility index (Phi) is 8.81. The van der Waals surface area contributed by atoms with Crippen molar-refractivity contribution in [3.05, 3.63) is 64.6 Å². The van der Waals surface area contributed by atoms with Crippen LogP contribution in [-0.2, 0) is 0 Å². The number of benzene rings is 2. The molecule has 1 aliphatic rings. The van der Waals surface area contributed by atoms with Crippen LogP contribution < -0.4 is 4.74 Å². The van der Waals surface area contributed by atoms with Crippen molar-refractivity contribution >= 4 is 15.9 Å². The first kappa shape index (κ1) is 21.9. The van der Waals surface area contributed by atoms with E-state index in [0.29, 0.717) is 0 Å². The summed E-state index contributed by atoms with van der Waals surface area (Å²) in [5.74, 6) is 1.04. The quantitative estimate of drug-likeness (QED) is 0.676. The smallest absolute Gasteiger partial charge is 0.118 e. The second-order valence-electron chi connectivity index (χ2n) is 7.55. The van der Waals surface area contributed by atoms with Gasteiger partial charge in [-0.15, -0.1) is 0 Å². The number of hydrogen-bond acceptors (Lipinski definition) is 3. The first-order valence-corrected chi connectivity index (χ1v) is 10.5. The maximum absolute atomic E-state index is 11.1. The van der Waals surface area contributed by atoms with Crippen LogP contribution in [-0.4, -0.2) is 43.4 Å². The van der Waals surface area contributed by atoms with E-state index < -0.39 is 5.60 Å². The van der Waals surface area contributed by atoms with Gasteiger partial charge in [0.15, 0.2) is 0 Å². The summed E-state index contributed by atoms with van der Waals surface area (Å²) in [4.78, 5) is 2.17. The van der Waals surface area contributed by atoms with Gasteiger partial charge in [0.2, 0.25) is 0 Å². The van der Waals surface area contributed by atoms with Gasteiger partial charge >= 0.3 is 0 Å². The van der Waals surface area contributed by atoms with Crippen LogP contribution >= 0.6 is 15.9 Å². The van der Waals surface area contributed by atoms with Crippen LogP contribution in [0.5, 0.6) is 5.75 Å². The number of ether oxygens (including phenoxy) is 1. The fourth-order valence-electron chi connectivity index (χ4n) is 3.71.